The van der Waals surface area contributed by atoms with Gasteiger partial charge in [0.15, 0.2) is 11.5 Å². The van der Waals surface area contributed by atoms with Gasteiger partial charge in [0.25, 0.3) is 11.1 Å². The highest BCUT2D eigenvalue weighted by atomic mass is 35.5. The predicted molar refractivity (Wildman–Crippen MR) is 115 cm³/mol. The molecule has 0 atom stereocenters. The first-order chi connectivity index (χ1) is 14.0. The van der Waals surface area contributed by atoms with Gasteiger partial charge >= 0.3 is 0 Å². The highest BCUT2D eigenvalue weighted by Crippen LogP contribution is 2.38. The highest BCUT2D eigenvalue weighted by molar-refractivity contribution is 8.18. The van der Waals surface area contributed by atoms with Gasteiger partial charge in [-0.2, -0.15) is 0 Å². The Kier molecular flexibility index (Phi) is 5.22. The maximum absolute atomic E-state index is 12.9. The number of rotatable bonds is 4. The van der Waals surface area contributed by atoms with E-state index in [2.05, 4.69) is 0 Å². The number of methoxy groups -OCH3 is 1. The Morgan fingerprint density at radius 2 is 1.90 bits per heavy atom. The summed E-state index contributed by atoms with van der Waals surface area (Å²) in [5.74, 6) is -0.342. The van der Waals surface area contributed by atoms with Gasteiger partial charge in [-0.1, -0.05) is 54.1 Å². The van der Waals surface area contributed by atoms with Crippen molar-refractivity contribution in [3.63, 3.8) is 0 Å². The minimum absolute atomic E-state index is 0.102. The average Bonchev–Trinajstić information content (AvgIpc) is 2.98. The first-order valence-corrected chi connectivity index (χ1v) is 9.96. The molecular formula is C22H16ClNO4S. The molecule has 1 saturated heterocycles. The summed E-state index contributed by atoms with van der Waals surface area (Å²) in [7, 11) is 1.41. The van der Waals surface area contributed by atoms with Crippen LogP contribution in [0.3, 0.4) is 0 Å². The SMILES string of the molecule is COc1cc(/C=C2\SC(=O)N(Cc3cccc4ccccc34)C2=O)cc(Cl)c1O. The number of phenolic OH excluding ortho intramolecular Hbond substituents is 1. The number of nitrogens with zero attached hydrogens (tertiary/aromatic N) is 1. The monoisotopic (exact) mass is 425 g/mol. The molecule has 1 aliphatic rings. The van der Waals surface area contributed by atoms with Crippen molar-refractivity contribution < 1.29 is 19.4 Å². The third-order valence-corrected chi connectivity index (χ3v) is 5.85. The summed E-state index contributed by atoms with van der Waals surface area (Å²) < 4.78 is 5.09. The first-order valence-electron chi connectivity index (χ1n) is 8.76. The molecule has 0 bridgehead atoms. The number of amides is 2. The van der Waals surface area contributed by atoms with Crippen LogP contribution in [0.15, 0.2) is 59.5 Å². The van der Waals surface area contributed by atoms with Gasteiger partial charge in [0, 0.05) is 0 Å². The zero-order chi connectivity index (χ0) is 20.5. The lowest BCUT2D eigenvalue weighted by atomic mass is 10.0. The fraction of sp³-hybridized carbons (Fsp3) is 0.0909. The summed E-state index contributed by atoms with van der Waals surface area (Å²) in [6.45, 7) is 0.197. The van der Waals surface area contributed by atoms with Crippen molar-refractivity contribution in [3.8, 4) is 11.5 Å². The molecule has 29 heavy (non-hydrogen) atoms. The van der Waals surface area contributed by atoms with E-state index >= 15 is 0 Å². The summed E-state index contributed by atoms with van der Waals surface area (Å²) in [6.07, 6.45) is 1.57. The zero-order valence-corrected chi connectivity index (χ0v) is 17.0. The molecule has 2 amide bonds. The highest BCUT2D eigenvalue weighted by Gasteiger charge is 2.35. The Morgan fingerprint density at radius 1 is 1.14 bits per heavy atom. The quantitative estimate of drug-likeness (QED) is 0.563. The van der Waals surface area contributed by atoms with Crippen LogP contribution in [0.2, 0.25) is 5.02 Å². The number of halogens is 1. The minimum atomic E-state index is -0.365. The number of benzene rings is 3. The second-order valence-corrected chi connectivity index (χ2v) is 7.86. The van der Waals surface area contributed by atoms with Crippen LogP contribution in [0.5, 0.6) is 11.5 Å². The summed E-state index contributed by atoms with van der Waals surface area (Å²) >= 11 is 6.89. The molecule has 1 fully saturated rings. The second kappa shape index (κ2) is 7.81. The lowest BCUT2D eigenvalue weighted by molar-refractivity contribution is -0.123. The molecule has 7 heteroatoms. The number of aromatic hydroxyl groups is 1. The Hall–Kier alpha value is -2.96. The number of hydrogen-bond acceptors (Lipinski definition) is 5. The van der Waals surface area contributed by atoms with E-state index in [1.807, 2.05) is 42.5 Å². The van der Waals surface area contributed by atoms with Crippen LogP contribution in [-0.2, 0) is 11.3 Å². The van der Waals surface area contributed by atoms with Gasteiger partial charge < -0.3 is 9.84 Å². The zero-order valence-electron chi connectivity index (χ0n) is 15.4. The van der Waals surface area contributed by atoms with Crippen molar-refractivity contribution >= 4 is 51.4 Å². The molecular weight excluding hydrogens is 410 g/mol. The van der Waals surface area contributed by atoms with Crippen molar-refractivity contribution in [2.24, 2.45) is 0 Å². The minimum Gasteiger partial charge on any atom is -0.503 e. The third kappa shape index (κ3) is 3.69. The van der Waals surface area contributed by atoms with Crippen molar-refractivity contribution in [3.05, 3.63) is 75.7 Å². The van der Waals surface area contributed by atoms with Crippen LogP contribution in [0, 0.1) is 0 Å². The molecule has 0 spiro atoms. The molecule has 5 nitrogen and oxygen atoms in total. The summed E-state index contributed by atoms with van der Waals surface area (Å²) in [6, 6.07) is 16.7. The van der Waals surface area contributed by atoms with Gasteiger partial charge in [0.2, 0.25) is 0 Å². The Labute approximate surface area is 176 Å². The van der Waals surface area contributed by atoms with Crippen molar-refractivity contribution in [1.82, 2.24) is 4.90 Å². The molecule has 0 unspecified atom stereocenters. The Morgan fingerprint density at radius 3 is 2.69 bits per heavy atom. The molecule has 1 aliphatic heterocycles. The number of thioether (sulfide) groups is 1. The lowest BCUT2D eigenvalue weighted by Gasteiger charge is -2.14. The van der Waals surface area contributed by atoms with E-state index in [0.717, 1.165) is 28.1 Å². The average molecular weight is 426 g/mol. The second-order valence-electron chi connectivity index (χ2n) is 6.46. The molecule has 0 aliphatic carbocycles. The van der Waals surface area contributed by atoms with Gasteiger partial charge in [0.1, 0.15) is 0 Å². The van der Waals surface area contributed by atoms with Crippen LogP contribution in [0.4, 0.5) is 4.79 Å². The fourth-order valence-corrected chi connectivity index (χ4v) is 4.28. The Bertz CT molecular complexity index is 1170. The Balaban J connectivity index is 1.64. The predicted octanol–water partition coefficient (Wildman–Crippen LogP) is 5.44. The molecule has 3 aromatic carbocycles. The normalized spacial score (nSPS) is 15.5. The fourth-order valence-electron chi connectivity index (χ4n) is 3.22. The first kappa shape index (κ1) is 19.4. The molecule has 1 heterocycles. The number of carbonyl (C=O) groups excluding carboxylic acids is 2. The largest absolute Gasteiger partial charge is 0.503 e. The smallest absolute Gasteiger partial charge is 0.293 e. The van der Waals surface area contributed by atoms with E-state index in [9.17, 15) is 14.7 Å². The summed E-state index contributed by atoms with van der Waals surface area (Å²) in [5.41, 5.74) is 1.46. The van der Waals surface area contributed by atoms with E-state index < -0.39 is 0 Å². The molecule has 0 radical (unpaired) electrons. The van der Waals surface area contributed by atoms with Gasteiger partial charge in [-0.15, -0.1) is 0 Å². The van der Waals surface area contributed by atoms with Crippen LogP contribution in [0.1, 0.15) is 11.1 Å². The number of hydrogen-bond donors (Lipinski definition) is 1. The number of phenols is 1. The van der Waals surface area contributed by atoms with Gasteiger partial charge in [-0.3, -0.25) is 14.5 Å². The molecule has 0 aromatic heterocycles. The van der Waals surface area contributed by atoms with Gasteiger partial charge in [0.05, 0.1) is 23.6 Å². The molecule has 146 valence electrons. The summed E-state index contributed by atoms with van der Waals surface area (Å²) in [4.78, 5) is 26.9. The molecule has 0 saturated carbocycles. The van der Waals surface area contributed by atoms with Crippen LogP contribution in [-0.4, -0.2) is 28.3 Å². The molecule has 3 aromatic rings. The van der Waals surface area contributed by atoms with Crippen LogP contribution in [0.25, 0.3) is 16.8 Å². The number of fused-ring (bicyclic) bond motifs is 1. The maximum Gasteiger partial charge on any atom is 0.293 e. The molecule has 1 N–H and O–H groups in total. The summed E-state index contributed by atoms with van der Waals surface area (Å²) in [5, 5.41) is 11.7. The van der Waals surface area contributed by atoms with Gasteiger partial charge in [-0.05, 0) is 51.9 Å². The van der Waals surface area contributed by atoms with Crippen molar-refractivity contribution in [2.45, 2.75) is 6.54 Å². The van der Waals surface area contributed by atoms with Crippen molar-refractivity contribution in [2.75, 3.05) is 7.11 Å². The maximum atomic E-state index is 12.9. The van der Waals surface area contributed by atoms with E-state index in [0.29, 0.717) is 10.5 Å². The van der Waals surface area contributed by atoms with Crippen LogP contribution < -0.4 is 4.74 Å². The van der Waals surface area contributed by atoms with Crippen LogP contribution >= 0.6 is 23.4 Å². The lowest BCUT2D eigenvalue weighted by Crippen LogP contribution is -2.27. The van der Waals surface area contributed by atoms with E-state index in [-0.39, 0.29) is 34.2 Å². The molecule has 4 rings (SSSR count). The van der Waals surface area contributed by atoms with Crippen molar-refractivity contribution in [1.29, 1.82) is 0 Å². The van der Waals surface area contributed by atoms with E-state index in [1.165, 1.54) is 18.1 Å². The number of imide groups is 1. The number of carbonyl (C=O) groups is 2. The van der Waals surface area contributed by atoms with E-state index in [4.69, 9.17) is 16.3 Å². The van der Waals surface area contributed by atoms with Gasteiger partial charge in [-0.25, -0.2) is 0 Å². The standard InChI is InChI=1S/C22H16ClNO4S/c1-28-18-10-13(9-17(23)20(18)25)11-19-21(26)24(22(27)29-19)12-15-7-4-6-14-5-2-3-8-16(14)15/h2-11,25H,12H2,1H3/b19-11-. The number of ether oxygens (including phenoxy) is 1. The third-order valence-electron chi connectivity index (χ3n) is 4.65. The van der Waals surface area contributed by atoms with E-state index in [1.54, 1.807) is 12.1 Å². The topological polar surface area (TPSA) is 66.8 Å².